The summed E-state index contributed by atoms with van der Waals surface area (Å²) in [6, 6.07) is 1.80. The summed E-state index contributed by atoms with van der Waals surface area (Å²) in [7, 11) is 1.62. The van der Waals surface area contributed by atoms with Crippen LogP contribution in [0.2, 0.25) is 0 Å². The number of ether oxygens (including phenoxy) is 1. The molecular formula is C8H10N4OS. The van der Waals surface area contributed by atoms with E-state index in [0.717, 1.165) is 11.5 Å². The normalized spacial score (nSPS) is 11.0. The van der Waals surface area contributed by atoms with E-state index in [0.29, 0.717) is 17.0 Å². The van der Waals surface area contributed by atoms with Crippen molar-refractivity contribution >= 4 is 18.0 Å². The van der Waals surface area contributed by atoms with Crippen LogP contribution in [0.25, 0.3) is 5.78 Å². The molecule has 14 heavy (non-hydrogen) atoms. The molecule has 0 aliphatic carbocycles. The molecule has 2 aromatic rings. The number of nitrogens with one attached hydrogen (secondary N) is 1. The predicted octanol–water partition coefficient (Wildman–Crippen LogP) is 1.24. The number of nitrogens with zero attached hydrogens (tertiary/aromatic N) is 3. The van der Waals surface area contributed by atoms with Crippen LogP contribution in [0.5, 0.6) is 0 Å². The molecule has 1 N–H and O–H groups in total. The van der Waals surface area contributed by atoms with E-state index in [-0.39, 0.29) is 0 Å². The second kappa shape index (κ2) is 3.47. The number of aryl methyl sites for hydroxylation is 1. The Bertz CT molecular complexity index is 516. The number of methoxy groups -OCH3 is 1. The first-order chi connectivity index (χ1) is 6.70. The largest absolute Gasteiger partial charge is 0.378 e. The summed E-state index contributed by atoms with van der Waals surface area (Å²) in [4.78, 5) is 8.47. The van der Waals surface area contributed by atoms with Crippen LogP contribution < -0.4 is 0 Å². The van der Waals surface area contributed by atoms with Gasteiger partial charge in [-0.3, -0.25) is 5.10 Å². The highest BCUT2D eigenvalue weighted by molar-refractivity contribution is 7.71. The van der Waals surface area contributed by atoms with Gasteiger partial charge < -0.3 is 4.74 Å². The molecule has 0 fully saturated rings. The molecule has 0 spiro atoms. The quantitative estimate of drug-likeness (QED) is 0.758. The summed E-state index contributed by atoms with van der Waals surface area (Å²) in [6.45, 7) is 2.31. The lowest BCUT2D eigenvalue weighted by molar-refractivity contribution is 0.181. The number of fused-ring (bicyclic) bond motifs is 1. The van der Waals surface area contributed by atoms with Crippen molar-refractivity contribution in [3.05, 3.63) is 22.2 Å². The molecule has 0 radical (unpaired) electrons. The minimum Gasteiger partial charge on any atom is -0.378 e. The summed E-state index contributed by atoms with van der Waals surface area (Å²) < 4.78 is 7.31. The van der Waals surface area contributed by atoms with Gasteiger partial charge in [-0.1, -0.05) is 12.2 Å². The highest BCUT2D eigenvalue weighted by Gasteiger charge is 2.02. The Hall–Kier alpha value is -1.27. The standard InChI is InChI=1S/C8H10N4OS/c1-5-9-8-10-6(4-13-2)3-7(14)12(8)11-5/h3H,4H2,1-2H3,(H,9,10,11). The summed E-state index contributed by atoms with van der Waals surface area (Å²) in [6.07, 6.45) is 0. The van der Waals surface area contributed by atoms with E-state index in [4.69, 9.17) is 17.0 Å². The van der Waals surface area contributed by atoms with Gasteiger partial charge in [0.2, 0.25) is 0 Å². The van der Waals surface area contributed by atoms with Crippen LogP contribution in [0, 0.1) is 11.6 Å². The molecule has 0 atom stereocenters. The lowest BCUT2D eigenvalue weighted by atomic mass is 10.4. The van der Waals surface area contributed by atoms with Crippen molar-refractivity contribution in [3.8, 4) is 0 Å². The number of H-pyrrole nitrogens is 1. The summed E-state index contributed by atoms with van der Waals surface area (Å²) in [5.41, 5.74) is 0.795. The molecule has 6 heteroatoms. The van der Waals surface area contributed by atoms with E-state index in [1.54, 1.807) is 17.7 Å². The Morgan fingerprint density at radius 2 is 2.36 bits per heavy atom. The van der Waals surface area contributed by atoms with Gasteiger partial charge in [0.15, 0.2) is 0 Å². The molecule has 2 rings (SSSR count). The van der Waals surface area contributed by atoms with Crippen LogP contribution in [0.4, 0.5) is 0 Å². The summed E-state index contributed by atoms with van der Waals surface area (Å²) in [5.74, 6) is 1.38. The fourth-order valence-corrected chi connectivity index (χ4v) is 1.52. The maximum Gasteiger partial charge on any atom is 0.252 e. The van der Waals surface area contributed by atoms with E-state index in [1.807, 2.05) is 6.92 Å². The third kappa shape index (κ3) is 1.53. The molecule has 0 amide bonds. The predicted molar refractivity (Wildman–Crippen MR) is 53.6 cm³/mol. The van der Waals surface area contributed by atoms with Gasteiger partial charge in [-0.2, -0.15) is 4.98 Å². The number of rotatable bonds is 2. The van der Waals surface area contributed by atoms with E-state index in [1.165, 1.54) is 0 Å². The molecule has 0 aliphatic rings. The molecule has 0 bridgehead atoms. The third-order valence-corrected chi connectivity index (χ3v) is 2.09. The van der Waals surface area contributed by atoms with Crippen LogP contribution in [0.15, 0.2) is 6.07 Å². The first kappa shape index (κ1) is 9.29. The molecule has 0 unspecified atom stereocenters. The third-order valence-electron chi connectivity index (χ3n) is 1.79. The van der Waals surface area contributed by atoms with E-state index in [2.05, 4.69) is 15.1 Å². The monoisotopic (exact) mass is 210 g/mol. The fourth-order valence-electron chi connectivity index (χ4n) is 1.26. The van der Waals surface area contributed by atoms with Crippen LogP contribution in [-0.4, -0.2) is 26.7 Å². The van der Waals surface area contributed by atoms with Crippen molar-refractivity contribution in [2.45, 2.75) is 13.5 Å². The molecular weight excluding hydrogens is 200 g/mol. The molecule has 0 aromatic carbocycles. The number of aromatic nitrogens is 4. The Morgan fingerprint density at radius 1 is 1.57 bits per heavy atom. The Morgan fingerprint density at radius 3 is 3.07 bits per heavy atom. The minimum atomic E-state index is 0.450. The Balaban J connectivity index is 2.65. The number of aromatic amines is 1. The van der Waals surface area contributed by atoms with Crippen molar-refractivity contribution in [1.29, 1.82) is 0 Å². The fraction of sp³-hybridized carbons (Fsp3) is 0.375. The lowest BCUT2D eigenvalue weighted by Gasteiger charge is -1.98. The van der Waals surface area contributed by atoms with Gasteiger partial charge in [-0.25, -0.2) is 9.50 Å². The molecule has 74 valence electrons. The second-order valence-electron chi connectivity index (χ2n) is 2.96. The van der Waals surface area contributed by atoms with Crippen molar-refractivity contribution < 1.29 is 4.74 Å². The van der Waals surface area contributed by atoms with Crippen LogP contribution >= 0.6 is 12.2 Å². The van der Waals surface area contributed by atoms with Crippen molar-refractivity contribution in [2.24, 2.45) is 0 Å². The van der Waals surface area contributed by atoms with Crippen molar-refractivity contribution in [2.75, 3.05) is 7.11 Å². The summed E-state index contributed by atoms with van der Waals surface area (Å²) in [5, 5.41) is 2.99. The van der Waals surface area contributed by atoms with E-state index in [9.17, 15) is 0 Å². The van der Waals surface area contributed by atoms with Crippen LogP contribution in [0.3, 0.4) is 0 Å². The maximum absolute atomic E-state index is 5.16. The topological polar surface area (TPSA) is 55.2 Å². The van der Waals surface area contributed by atoms with Gasteiger partial charge in [-0.05, 0) is 13.0 Å². The smallest absolute Gasteiger partial charge is 0.252 e. The van der Waals surface area contributed by atoms with Gasteiger partial charge in [0.1, 0.15) is 10.5 Å². The van der Waals surface area contributed by atoms with Crippen LogP contribution in [0.1, 0.15) is 11.5 Å². The molecule has 2 aromatic heterocycles. The van der Waals surface area contributed by atoms with Gasteiger partial charge >= 0.3 is 0 Å². The molecule has 5 nitrogen and oxygen atoms in total. The minimum absolute atomic E-state index is 0.450. The molecule has 2 heterocycles. The van der Waals surface area contributed by atoms with Crippen molar-refractivity contribution in [3.63, 3.8) is 0 Å². The first-order valence-electron chi connectivity index (χ1n) is 4.15. The van der Waals surface area contributed by atoms with E-state index >= 15 is 0 Å². The first-order valence-corrected chi connectivity index (χ1v) is 4.56. The van der Waals surface area contributed by atoms with E-state index < -0.39 is 0 Å². The zero-order chi connectivity index (χ0) is 10.1. The van der Waals surface area contributed by atoms with Gasteiger partial charge in [0.05, 0.1) is 12.3 Å². The average molecular weight is 210 g/mol. The zero-order valence-electron chi connectivity index (χ0n) is 7.94. The molecule has 0 saturated heterocycles. The van der Waals surface area contributed by atoms with Gasteiger partial charge in [0, 0.05) is 7.11 Å². The second-order valence-corrected chi connectivity index (χ2v) is 3.38. The Labute approximate surface area is 85.7 Å². The highest BCUT2D eigenvalue weighted by atomic mass is 32.1. The molecule has 0 saturated carbocycles. The zero-order valence-corrected chi connectivity index (χ0v) is 8.76. The number of hydrogen-bond donors (Lipinski definition) is 1. The van der Waals surface area contributed by atoms with Crippen molar-refractivity contribution in [1.82, 2.24) is 19.6 Å². The number of hydrogen-bond acceptors (Lipinski definition) is 4. The van der Waals surface area contributed by atoms with Crippen LogP contribution in [-0.2, 0) is 11.3 Å². The molecule has 0 aliphatic heterocycles. The van der Waals surface area contributed by atoms with Gasteiger partial charge in [0.25, 0.3) is 5.78 Å². The van der Waals surface area contributed by atoms with Gasteiger partial charge in [-0.15, -0.1) is 0 Å². The maximum atomic E-state index is 5.16. The Kier molecular flexibility index (Phi) is 2.30. The SMILES string of the molecule is COCc1cc(=S)n2[nH]c(C)nc2n1. The highest BCUT2D eigenvalue weighted by Crippen LogP contribution is 2.03. The lowest BCUT2D eigenvalue weighted by Crippen LogP contribution is -1.98. The summed E-state index contributed by atoms with van der Waals surface area (Å²) >= 11 is 5.16. The average Bonchev–Trinajstić information content (AvgIpc) is 2.47.